The van der Waals surface area contributed by atoms with E-state index in [9.17, 15) is 9.59 Å². The van der Waals surface area contributed by atoms with Gasteiger partial charge >= 0.3 is 5.97 Å². The Labute approximate surface area is 126 Å². The van der Waals surface area contributed by atoms with Crippen molar-refractivity contribution < 1.29 is 14.7 Å². The standard InChI is InChI=1S/C15H18BrNO3/c1-8(9-4-6-10(16)7-5-9)17-13(18)11-12(14(19)20)15(11,2)3/h4-8,11-12H,1-3H3,(H,17,18)(H,19,20). The number of carboxylic acids is 1. The highest BCUT2D eigenvalue weighted by molar-refractivity contribution is 9.10. The molecule has 1 aromatic carbocycles. The molecule has 1 saturated carbocycles. The Morgan fingerprint density at radius 3 is 2.25 bits per heavy atom. The molecule has 5 heteroatoms. The third kappa shape index (κ3) is 2.73. The van der Waals surface area contributed by atoms with Crippen LogP contribution in [0.5, 0.6) is 0 Å². The van der Waals surface area contributed by atoms with Gasteiger partial charge in [-0.15, -0.1) is 0 Å². The van der Waals surface area contributed by atoms with E-state index in [1.54, 1.807) is 0 Å². The van der Waals surface area contributed by atoms with Crippen LogP contribution < -0.4 is 5.32 Å². The maximum atomic E-state index is 12.2. The number of carbonyl (C=O) groups excluding carboxylic acids is 1. The van der Waals surface area contributed by atoms with Crippen molar-refractivity contribution >= 4 is 27.8 Å². The molecule has 1 amide bonds. The molecular weight excluding hydrogens is 322 g/mol. The molecular formula is C15H18BrNO3. The lowest BCUT2D eigenvalue weighted by Crippen LogP contribution is -2.29. The van der Waals surface area contributed by atoms with Gasteiger partial charge in [0.2, 0.25) is 5.91 Å². The van der Waals surface area contributed by atoms with Gasteiger partial charge in [0, 0.05) is 4.47 Å². The number of rotatable bonds is 4. The fourth-order valence-corrected chi connectivity index (χ4v) is 2.99. The number of hydrogen-bond donors (Lipinski definition) is 2. The van der Waals surface area contributed by atoms with Gasteiger partial charge in [0.25, 0.3) is 0 Å². The summed E-state index contributed by atoms with van der Waals surface area (Å²) < 4.78 is 0.981. The third-order valence-corrected chi connectivity index (χ3v) is 4.63. The molecule has 108 valence electrons. The SMILES string of the molecule is CC(NC(=O)C1C(C(=O)O)C1(C)C)c1ccc(Br)cc1. The summed E-state index contributed by atoms with van der Waals surface area (Å²) in [6.07, 6.45) is 0. The fraction of sp³-hybridized carbons (Fsp3) is 0.467. The quantitative estimate of drug-likeness (QED) is 0.886. The van der Waals surface area contributed by atoms with Crippen LogP contribution in [-0.4, -0.2) is 17.0 Å². The lowest BCUT2D eigenvalue weighted by atomic mass is 10.1. The molecule has 0 heterocycles. The molecule has 3 atom stereocenters. The number of benzene rings is 1. The average molecular weight is 340 g/mol. The second kappa shape index (κ2) is 5.20. The van der Waals surface area contributed by atoms with Crippen LogP contribution >= 0.6 is 15.9 Å². The van der Waals surface area contributed by atoms with Gasteiger partial charge in [-0.1, -0.05) is 41.9 Å². The van der Waals surface area contributed by atoms with Crippen molar-refractivity contribution in [3.8, 4) is 0 Å². The van der Waals surface area contributed by atoms with E-state index in [1.807, 2.05) is 45.0 Å². The third-order valence-electron chi connectivity index (χ3n) is 4.10. The van der Waals surface area contributed by atoms with Gasteiger partial charge in [0.1, 0.15) is 0 Å². The van der Waals surface area contributed by atoms with E-state index in [0.717, 1.165) is 10.0 Å². The minimum atomic E-state index is -0.897. The number of carbonyl (C=O) groups is 2. The molecule has 3 unspecified atom stereocenters. The van der Waals surface area contributed by atoms with Crippen molar-refractivity contribution in [2.75, 3.05) is 0 Å². The van der Waals surface area contributed by atoms with E-state index in [4.69, 9.17) is 5.11 Å². The highest BCUT2D eigenvalue weighted by atomic mass is 79.9. The van der Waals surface area contributed by atoms with Crippen LogP contribution in [0.4, 0.5) is 0 Å². The summed E-state index contributed by atoms with van der Waals surface area (Å²) in [7, 11) is 0. The Morgan fingerprint density at radius 2 is 1.80 bits per heavy atom. The lowest BCUT2D eigenvalue weighted by Gasteiger charge is -2.15. The Balaban J connectivity index is 2.02. The molecule has 2 N–H and O–H groups in total. The molecule has 0 saturated heterocycles. The summed E-state index contributed by atoms with van der Waals surface area (Å²) in [5.74, 6) is -2.11. The molecule has 4 nitrogen and oxygen atoms in total. The molecule has 0 radical (unpaired) electrons. The van der Waals surface area contributed by atoms with Gasteiger partial charge in [0.15, 0.2) is 0 Å². The monoisotopic (exact) mass is 339 g/mol. The van der Waals surface area contributed by atoms with Gasteiger partial charge in [-0.25, -0.2) is 0 Å². The smallest absolute Gasteiger partial charge is 0.307 e. The van der Waals surface area contributed by atoms with Crippen LogP contribution in [-0.2, 0) is 9.59 Å². The molecule has 2 rings (SSSR count). The average Bonchev–Trinajstić information content (AvgIpc) is 2.93. The maximum absolute atomic E-state index is 12.2. The van der Waals surface area contributed by atoms with Gasteiger partial charge in [-0.2, -0.15) is 0 Å². The van der Waals surface area contributed by atoms with Crippen molar-refractivity contribution in [2.45, 2.75) is 26.8 Å². The molecule has 0 spiro atoms. The first kappa shape index (κ1) is 15.0. The molecule has 0 aliphatic heterocycles. The van der Waals surface area contributed by atoms with Crippen molar-refractivity contribution in [3.63, 3.8) is 0 Å². The van der Waals surface area contributed by atoms with Crippen LogP contribution in [0.15, 0.2) is 28.7 Å². The van der Waals surface area contributed by atoms with Gasteiger partial charge < -0.3 is 10.4 Å². The summed E-state index contributed by atoms with van der Waals surface area (Å²) in [6, 6.07) is 7.56. The Kier molecular flexibility index (Phi) is 3.91. The van der Waals surface area contributed by atoms with E-state index in [-0.39, 0.29) is 11.9 Å². The van der Waals surface area contributed by atoms with E-state index in [1.165, 1.54) is 0 Å². The second-order valence-electron chi connectivity index (χ2n) is 5.90. The van der Waals surface area contributed by atoms with Crippen LogP contribution in [0.1, 0.15) is 32.4 Å². The summed E-state index contributed by atoms with van der Waals surface area (Å²) in [5, 5.41) is 12.0. The van der Waals surface area contributed by atoms with Crippen molar-refractivity contribution in [1.82, 2.24) is 5.32 Å². The van der Waals surface area contributed by atoms with Crippen LogP contribution in [0.2, 0.25) is 0 Å². The number of nitrogens with one attached hydrogen (secondary N) is 1. The minimum Gasteiger partial charge on any atom is -0.481 e. The highest BCUT2D eigenvalue weighted by Gasteiger charge is 2.65. The summed E-state index contributed by atoms with van der Waals surface area (Å²) in [5.41, 5.74) is 0.530. The zero-order chi connectivity index (χ0) is 15.1. The molecule has 0 bridgehead atoms. The van der Waals surface area contributed by atoms with Crippen LogP contribution in [0, 0.1) is 17.3 Å². The number of amides is 1. The van der Waals surface area contributed by atoms with Gasteiger partial charge in [-0.3, -0.25) is 9.59 Å². The van der Waals surface area contributed by atoms with E-state index >= 15 is 0 Å². The first-order valence-corrected chi connectivity index (χ1v) is 7.33. The first-order chi connectivity index (χ1) is 9.25. The minimum absolute atomic E-state index is 0.138. The summed E-state index contributed by atoms with van der Waals surface area (Å²) in [6.45, 7) is 5.53. The van der Waals surface area contributed by atoms with Crippen molar-refractivity contribution in [1.29, 1.82) is 0 Å². The van der Waals surface area contributed by atoms with Crippen molar-refractivity contribution in [2.24, 2.45) is 17.3 Å². The predicted molar refractivity (Wildman–Crippen MR) is 79.1 cm³/mol. The van der Waals surface area contributed by atoms with Gasteiger partial charge in [-0.05, 0) is 30.0 Å². The number of aliphatic carboxylic acids is 1. The zero-order valence-electron chi connectivity index (χ0n) is 11.7. The maximum Gasteiger partial charge on any atom is 0.307 e. The molecule has 1 fully saturated rings. The fourth-order valence-electron chi connectivity index (χ4n) is 2.73. The molecule has 0 aromatic heterocycles. The normalized spacial score (nSPS) is 24.8. The largest absolute Gasteiger partial charge is 0.481 e. The number of carboxylic acid groups (broad SMARTS) is 1. The van der Waals surface area contributed by atoms with Crippen LogP contribution in [0.25, 0.3) is 0 Å². The molecule has 1 aliphatic carbocycles. The molecule has 1 aliphatic rings. The predicted octanol–water partition coefficient (Wildman–Crippen LogP) is 2.98. The van der Waals surface area contributed by atoms with E-state index in [2.05, 4.69) is 21.2 Å². The first-order valence-electron chi connectivity index (χ1n) is 6.53. The Bertz CT molecular complexity index is 539. The second-order valence-corrected chi connectivity index (χ2v) is 6.81. The summed E-state index contributed by atoms with van der Waals surface area (Å²) in [4.78, 5) is 23.3. The molecule has 1 aromatic rings. The van der Waals surface area contributed by atoms with E-state index < -0.39 is 23.2 Å². The van der Waals surface area contributed by atoms with Crippen LogP contribution in [0.3, 0.4) is 0 Å². The highest BCUT2D eigenvalue weighted by Crippen LogP contribution is 2.58. The Hall–Kier alpha value is -1.36. The lowest BCUT2D eigenvalue weighted by molar-refractivity contribution is -0.140. The topological polar surface area (TPSA) is 66.4 Å². The number of hydrogen-bond acceptors (Lipinski definition) is 2. The zero-order valence-corrected chi connectivity index (χ0v) is 13.3. The molecule has 20 heavy (non-hydrogen) atoms. The number of halogens is 1. The van der Waals surface area contributed by atoms with Crippen molar-refractivity contribution in [3.05, 3.63) is 34.3 Å². The van der Waals surface area contributed by atoms with Gasteiger partial charge in [0.05, 0.1) is 17.9 Å². The summed E-state index contributed by atoms with van der Waals surface area (Å²) >= 11 is 3.36. The van der Waals surface area contributed by atoms with E-state index in [0.29, 0.717) is 0 Å². The Morgan fingerprint density at radius 1 is 1.25 bits per heavy atom.